The number of furan rings is 1. The van der Waals surface area contributed by atoms with Crippen molar-refractivity contribution in [2.24, 2.45) is 0 Å². The first-order valence-electron chi connectivity index (χ1n) is 10.5. The third kappa shape index (κ3) is 4.78. The summed E-state index contributed by atoms with van der Waals surface area (Å²) in [5, 5.41) is 0. The van der Waals surface area contributed by atoms with Gasteiger partial charge in [0.2, 0.25) is 18.6 Å². The first-order valence-corrected chi connectivity index (χ1v) is 10.5. The molecule has 2 aromatic rings. The summed E-state index contributed by atoms with van der Waals surface area (Å²) in [5.41, 5.74) is 0.939. The highest BCUT2D eigenvalue weighted by Gasteiger charge is 2.34. The molecule has 1 saturated carbocycles. The second-order valence-corrected chi connectivity index (χ2v) is 7.95. The van der Waals surface area contributed by atoms with Crippen LogP contribution in [-0.2, 0) is 22.7 Å². The van der Waals surface area contributed by atoms with E-state index in [1.165, 1.54) is 0 Å². The van der Waals surface area contributed by atoms with Crippen LogP contribution in [0.4, 0.5) is 0 Å². The van der Waals surface area contributed by atoms with Crippen LogP contribution in [0, 0.1) is 6.92 Å². The van der Waals surface area contributed by atoms with Gasteiger partial charge in [0.25, 0.3) is 0 Å². The monoisotopic (exact) mass is 412 g/mol. The molecule has 0 spiro atoms. The van der Waals surface area contributed by atoms with E-state index < -0.39 is 0 Å². The van der Waals surface area contributed by atoms with Crippen molar-refractivity contribution >= 4 is 11.8 Å². The predicted molar refractivity (Wildman–Crippen MR) is 110 cm³/mol. The quantitative estimate of drug-likeness (QED) is 0.629. The fourth-order valence-electron chi connectivity index (χ4n) is 3.66. The van der Waals surface area contributed by atoms with Crippen LogP contribution in [0.15, 0.2) is 34.7 Å². The Hall–Kier alpha value is -2.96. The number of ether oxygens (including phenoxy) is 2. The molecule has 160 valence electrons. The van der Waals surface area contributed by atoms with Crippen LogP contribution in [0.3, 0.4) is 0 Å². The smallest absolute Gasteiger partial charge is 0.242 e. The Morgan fingerprint density at radius 3 is 2.53 bits per heavy atom. The number of hydrogen-bond acceptors (Lipinski definition) is 5. The molecule has 0 bridgehead atoms. The molecule has 0 atom stereocenters. The van der Waals surface area contributed by atoms with E-state index in [1.807, 2.05) is 44.2 Å². The van der Waals surface area contributed by atoms with Gasteiger partial charge < -0.3 is 23.7 Å². The summed E-state index contributed by atoms with van der Waals surface area (Å²) in [4.78, 5) is 29.3. The minimum absolute atomic E-state index is 0.0604. The van der Waals surface area contributed by atoms with Crippen molar-refractivity contribution in [3.63, 3.8) is 0 Å². The molecule has 2 amide bonds. The number of hydrogen-bond donors (Lipinski definition) is 0. The molecular weight excluding hydrogens is 384 g/mol. The summed E-state index contributed by atoms with van der Waals surface area (Å²) in [5.74, 6) is 2.90. The first-order chi connectivity index (χ1) is 14.5. The molecule has 30 heavy (non-hydrogen) atoms. The van der Waals surface area contributed by atoms with Crippen molar-refractivity contribution in [1.29, 1.82) is 0 Å². The molecule has 1 aromatic carbocycles. The van der Waals surface area contributed by atoms with Gasteiger partial charge in [-0.2, -0.15) is 0 Å². The standard InChI is InChI=1S/C23H28N2O5/c1-3-4-22(26)25(18-7-8-18)14-23(27)24(13-19-9-5-16(2)30-19)12-17-6-10-20-21(11-17)29-15-28-20/h5-6,9-11,18H,3-4,7-8,12-15H2,1-2H3. The molecule has 2 aliphatic rings. The molecule has 4 rings (SSSR count). The third-order valence-electron chi connectivity index (χ3n) is 5.38. The van der Waals surface area contributed by atoms with Crippen molar-refractivity contribution in [3.05, 3.63) is 47.4 Å². The normalized spacial score (nSPS) is 14.6. The van der Waals surface area contributed by atoms with Crippen LogP contribution in [0.2, 0.25) is 0 Å². The van der Waals surface area contributed by atoms with Gasteiger partial charge in [-0.3, -0.25) is 9.59 Å². The lowest BCUT2D eigenvalue weighted by Crippen LogP contribution is -2.43. The van der Waals surface area contributed by atoms with E-state index in [0.717, 1.165) is 36.3 Å². The molecule has 0 radical (unpaired) electrons. The number of nitrogens with zero attached hydrogens (tertiary/aromatic N) is 2. The minimum Gasteiger partial charge on any atom is -0.464 e. The highest BCUT2D eigenvalue weighted by Crippen LogP contribution is 2.33. The molecule has 1 aliphatic carbocycles. The van der Waals surface area contributed by atoms with Crippen molar-refractivity contribution in [2.75, 3.05) is 13.3 Å². The zero-order chi connectivity index (χ0) is 21.1. The zero-order valence-electron chi connectivity index (χ0n) is 17.6. The third-order valence-corrected chi connectivity index (χ3v) is 5.38. The molecule has 0 saturated heterocycles. The molecular formula is C23H28N2O5. The summed E-state index contributed by atoms with van der Waals surface area (Å²) in [6.45, 7) is 4.93. The molecule has 7 nitrogen and oxygen atoms in total. The summed E-state index contributed by atoms with van der Waals surface area (Å²) < 4.78 is 16.6. The van der Waals surface area contributed by atoms with Gasteiger partial charge in [-0.25, -0.2) is 0 Å². The molecule has 1 aliphatic heterocycles. The van der Waals surface area contributed by atoms with E-state index >= 15 is 0 Å². The second kappa shape index (κ2) is 8.81. The van der Waals surface area contributed by atoms with Crippen LogP contribution >= 0.6 is 0 Å². The Morgan fingerprint density at radius 1 is 1.03 bits per heavy atom. The number of rotatable bonds is 9. The number of aryl methyl sites for hydroxylation is 1. The van der Waals surface area contributed by atoms with Crippen LogP contribution in [0.25, 0.3) is 0 Å². The van der Waals surface area contributed by atoms with E-state index in [0.29, 0.717) is 31.0 Å². The Bertz CT molecular complexity index is 918. The van der Waals surface area contributed by atoms with Gasteiger partial charge in [-0.1, -0.05) is 13.0 Å². The van der Waals surface area contributed by atoms with E-state index in [-0.39, 0.29) is 31.2 Å². The van der Waals surface area contributed by atoms with Gasteiger partial charge >= 0.3 is 0 Å². The van der Waals surface area contributed by atoms with Crippen LogP contribution in [0.1, 0.15) is 49.7 Å². The molecule has 1 aromatic heterocycles. The van der Waals surface area contributed by atoms with Crippen molar-refractivity contribution in [3.8, 4) is 11.5 Å². The van der Waals surface area contributed by atoms with Gasteiger partial charge in [0, 0.05) is 19.0 Å². The van der Waals surface area contributed by atoms with Gasteiger partial charge in [0.05, 0.1) is 6.54 Å². The average molecular weight is 412 g/mol. The highest BCUT2D eigenvalue weighted by atomic mass is 16.7. The summed E-state index contributed by atoms with van der Waals surface area (Å²) in [7, 11) is 0. The topological polar surface area (TPSA) is 72.2 Å². The Labute approximate surface area is 176 Å². The van der Waals surface area contributed by atoms with Gasteiger partial charge in [0.1, 0.15) is 18.1 Å². The van der Waals surface area contributed by atoms with Gasteiger partial charge in [-0.05, 0) is 56.0 Å². The van der Waals surface area contributed by atoms with Crippen molar-refractivity contribution in [2.45, 2.75) is 58.7 Å². The van der Waals surface area contributed by atoms with E-state index in [2.05, 4.69) is 0 Å². The minimum atomic E-state index is -0.0851. The Kier molecular flexibility index (Phi) is 5.97. The van der Waals surface area contributed by atoms with Crippen LogP contribution in [0.5, 0.6) is 11.5 Å². The number of fused-ring (bicyclic) bond motifs is 1. The lowest BCUT2D eigenvalue weighted by atomic mass is 10.1. The summed E-state index contributed by atoms with van der Waals surface area (Å²) >= 11 is 0. The van der Waals surface area contributed by atoms with Crippen molar-refractivity contribution < 1.29 is 23.5 Å². The number of amides is 2. The van der Waals surface area contributed by atoms with Crippen molar-refractivity contribution in [1.82, 2.24) is 9.80 Å². The fraction of sp³-hybridized carbons (Fsp3) is 0.478. The molecule has 7 heteroatoms. The maximum absolute atomic E-state index is 13.3. The van der Waals surface area contributed by atoms with Crippen LogP contribution < -0.4 is 9.47 Å². The maximum Gasteiger partial charge on any atom is 0.242 e. The second-order valence-electron chi connectivity index (χ2n) is 7.95. The average Bonchev–Trinajstić information content (AvgIpc) is 3.31. The molecule has 1 fully saturated rings. The number of benzene rings is 1. The number of carbonyl (C=O) groups is 2. The highest BCUT2D eigenvalue weighted by molar-refractivity contribution is 5.85. The van der Waals surface area contributed by atoms with Gasteiger partial charge in [0.15, 0.2) is 11.5 Å². The summed E-state index contributed by atoms with van der Waals surface area (Å²) in [6, 6.07) is 9.67. The Morgan fingerprint density at radius 2 is 1.83 bits per heavy atom. The Balaban J connectivity index is 1.51. The lowest BCUT2D eigenvalue weighted by molar-refractivity contribution is -0.142. The largest absolute Gasteiger partial charge is 0.464 e. The molecule has 2 heterocycles. The fourth-order valence-corrected chi connectivity index (χ4v) is 3.66. The van der Waals surface area contributed by atoms with E-state index in [9.17, 15) is 9.59 Å². The maximum atomic E-state index is 13.3. The number of carbonyl (C=O) groups excluding carboxylic acids is 2. The SMILES string of the molecule is CCCC(=O)N(CC(=O)N(Cc1ccc2c(c1)OCO2)Cc1ccc(C)o1)C1CC1. The van der Waals surface area contributed by atoms with Crippen LogP contribution in [-0.4, -0.2) is 41.0 Å². The summed E-state index contributed by atoms with van der Waals surface area (Å²) in [6.07, 6.45) is 3.21. The van der Waals surface area contributed by atoms with E-state index in [4.69, 9.17) is 13.9 Å². The molecule has 0 N–H and O–H groups in total. The predicted octanol–water partition coefficient (Wildman–Crippen LogP) is 3.64. The van der Waals surface area contributed by atoms with Gasteiger partial charge in [-0.15, -0.1) is 0 Å². The lowest BCUT2D eigenvalue weighted by Gasteiger charge is -2.27. The molecule has 0 unspecified atom stereocenters. The first kappa shape index (κ1) is 20.3. The zero-order valence-corrected chi connectivity index (χ0v) is 17.6. The van der Waals surface area contributed by atoms with E-state index in [1.54, 1.807) is 9.80 Å².